The summed E-state index contributed by atoms with van der Waals surface area (Å²) in [5.41, 5.74) is 55.5. The average Bonchev–Trinajstić information content (AvgIpc) is 1.55. The molecule has 0 unspecified atom stereocenters. The molecule has 0 amide bonds. The largest absolute Gasteiger partial charge is 0.309 e. The summed E-state index contributed by atoms with van der Waals surface area (Å²) < 4.78 is 2.56. The fraction of sp³-hybridized carbons (Fsp3) is 0.209. The molecule has 0 radical (unpaired) electrons. The first kappa shape index (κ1) is 85.9. The first-order valence-electron chi connectivity index (χ1n) is 46.8. The van der Waals surface area contributed by atoms with Gasteiger partial charge in [0.05, 0.1) is 11.0 Å². The lowest BCUT2D eigenvalue weighted by Gasteiger charge is -2.23. The molecule has 130 heavy (non-hydrogen) atoms. The van der Waals surface area contributed by atoms with E-state index < -0.39 is 0 Å². The minimum Gasteiger partial charge on any atom is -0.309 e. The van der Waals surface area contributed by atoms with E-state index in [1.807, 2.05) is 0 Å². The number of hydrogen-bond acceptors (Lipinski definition) is 0. The van der Waals surface area contributed by atoms with Crippen molar-refractivity contribution in [2.45, 2.75) is 179 Å². The van der Waals surface area contributed by atoms with Crippen LogP contribution in [0.1, 0.15) is 175 Å². The second-order valence-electron chi connectivity index (χ2n) is 42.3. The van der Waals surface area contributed by atoms with Crippen LogP contribution in [0.5, 0.6) is 0 Å². The van der Waals surface area contributed by atoms with Crippen molar-refractivity contribution >= 4 is 21.8 Å². The molecular weight excluding hydrogens is 1560 g/mol. The first-order chi connectivity index (χ1) is 61.9. The van der Waals surface area contributed by atoms with Gasteiger partial charge in [-0.15, -0.1) is 0 Å². The van der Waals surface area contributed by atoms with Crippen LogP contribution in [0, 0.1) is 55.4 Å². The second kappa shape index (κ2) is 32.6. The Morgan fingerprint density at radius 3 is 0.700 bits per heavy atom. The molecule has 18 aromatic rings. The first-order valence-corrected chi connectivity index (χ1v) is 46.8. The minimum absolute atomic E-state index is 0.0349. The van der Waals surface area contributed by atoms with E-state index >= 15 is 0 Å². The van der Waals surface area contributed by atoms with Gasteiger partial charge in [0.1, 0.15) is 0 Å². The van der Waals surface area contributed by atoms with Crippen molar-refractivity contribution in [2.24, 2.45) is 0 Å². The molecule has 0 aliphatic heterocycles. The molecule has 642 valence electrons. The third-order valence-corrected chi connectivity index (χ3v) is 28.2. The van der Waals surface area contributed by atoms with Gasteiger partial charge >= 0.3 is 0 Å². The molecule has 0 saturated heterocycles. The highest BCUT2D eigenvalue weighted by Crippen LogP contribution is 2.53. The van der Waals surface area contributed by atoms with E-state index in [-0.39, 0.29) is 27.1 Å². The average molecular weight is 1690 g/mol. The van der Waals surface area contributed by atoms with Gasteiger partial charge in [-0.05, 0) is 426 Å². The Balaban J connectivity index is 0.765. The molecule has 0 atom stereocenters. The van der Waals surface area contributed by atoms with Gasteiger partial charge < -0.3 is 4.57 Å². The number of rotatable bonds is 14. The third-order valence-electron chi connectivity index (χ3n) is 28.2. The van der Waals surface area contributed by atoms with Gasteiger partial charge in [0.15, 0.2) is 0 Å². The number of nitrogens with zero attached hydrogens (tertiary/aromatic N) is 1. The van der Waals surface area contributed by atoms with Gasteiger partial charge in [-0.3, -0.25) is 0 Å². The zero-order chi connectivity index (χ0) is 91.1. The van der Waals surface area contributed by atoms with Crippen LogP contribution in [0.25, 0.3) is 183 Å². The lowest BCUT2D eigenvalue weighted by Crippen LogP contribution is -2.15. The Bertz CT molecular complexity index is 7250. The molecule has 0 fully saturated rings. The standard InChI is InChI=1S/C129H121N/c1-78-52-108(125(9,10)11)53-79(2)121(78)96-44-30-40-92(63-96)102-67-100(68-103(71-102)93-41-31-45-97(64-93)122-80(3)54-109(55-81(122)4)126(12,13)14)88-36-27-34-86(60-88)87-35-28-38-90(61-87)106-73-107(75-112(74-106)130-119-51-26-24-49-114(119)116-76-115-113-48-23-25-50-117(113)129(21,22)118(115)77-120(116)130)91-39-29-37-89(62-91)101-69-104(94-42-32-46-98(65-94)123-82(5)56-110(57-83(123)6)127(15,16)17)72-105(70-101)95-43-33-47-99(66-95)124-84(7)58-111(59-85(124)8)128(18,19)20/h23-77H,1-22H3. The molecule has 19 rings (SSSR count). The van der Waals surface area contributed by atoms with Crippen LogP contribution in [-0.2, 0) is 27.1 Å². The molecule has 1 heteroatoms. The van der Waals surface area contributed by atoms with E-state index in [1.54, 1.807) is 0 Å². The molecule has 1 nitrogen and oxygen atoms in total. The summed E-state index contributed by atoms with van der Waals surface area (Å²) in [5.74, 6) is 0. The molecule has 0 saturated carbocycles. The maximum absolute atomic E-state index is 2.56. The van der Waals surface area contributed by atoms with Crippen LogP contribution in [0.4, 0.5) is 0 Å². The van der Waals surface area contributed by atoms with E-state index in [1.165, 1.54) is 200 Å². The summed E-state index contributed by atoms with van der Waals surface area (Å²) in [6.07, 6.45) is 0. The highest BCUT2D eigenvalue weighted by molar-refractivity contribution is 6.12. The van der Waals surface area contributed by atoms with E-state index in [9.17, 15) is 0 Å². The Morgan fingerprint density at radius 2 is 0.415 bits per heavy atom. The molecule has 0 N–H and O–H groups in total. The van der Waals surface area contributed by atoms with Gasteiger partial charge in [0.25, 0.3) is 0 Å². The van der Waals surface area contributed by atoms with Crippen molar-refractivity contribution < 1.29 is 0 Å². The van der Waals surface area contributed by atoms with Crippen LogP contribution >= 0.6 is 0 Å². The van der Waals surface area contributed by atoms with Crippen LogP contribution < -0.4 is 0 Å². The molecular formula is C129H121N. The number of hydrogen-bond donors (Lipinski definition) is 0. The number of aromatic nitrogens is 1. The van der Waals surface area contributed by atoms with Crippen molar-refractivity contribution in [3.63, 3.8) is 0 Å². The van der Waals surface area contributed by atoms with Crippen LogP contribution in [0.15, 0.2) is 334 Å². The van der Waals surface area contributed by atoms with Gasteiger partial charge in [-0.25, -0.2) is 0 Å². The topological polar surface area (TPSA) is 4.93 Å². The summed E-state index contributed by atoms with van der Waals surface area (Å²) in [4.78, 5) is 0. The molecule has 0 spiro atoms. The van der Waals surface area contributed by atoms with Crippen LogP contribution in [0.2, 0.25) is 0 Å². The maximum atomic E-state index is 2.56. The van der Waals surface area contributed by atoms with Gasteiger partial charge in [0, 0.05) is 21.9 Å². The molecule has 1 aliphatic rings. The lowest BCUT2D eigenvalue weighted by molar-refractivity contribution is 0.589. The zero-order valence-corrected chi connectivity index (χ0v) is 80.2. The summed E-state index contributed by atoms with van der Waals surface area (Å²) in [6, 6.07) is 129. The number of para-hydroxylation sites is 1. The molecule has 17 aromatic carbocycles. The third kappa shape index (κ3) is 16.1. The van der Waals surface area contributed by atoms with Gasteiger partial charge in [0.2, 0.25) is 0 Å². The predicted molar refractivity (Wildman–Crippen MR) is 562 cm³/mol. The molecule has 1 aliphatic carbocycles. The summed E-state index contributed by atoms with van der Waals surface area (Å²) in [6.45, 7) is 50.8. The van der Waals surface area contributed by atoms with Crippen molar-refractivity contribution in [1.82, 2.24) is 4.57 Å². The van der Waals surface area contributed by atoms with Gasteiger partial charge in [-0.2, -0.15) is 0 Å². The Kier molecular flexibility index (Phi) is 21.6. The maximum Gasteiger partial charge on any atom is 0.0544 e. The summed E-state index contributed by atoms with van der Waals surface area (Å²) in [5, 5.41) is 2.48. The summed E-state index contributed by atoms with van der Waals surface area (Å²) >= 11 is 0. The van der Waals surface area contributed by atoms with Crippen LogP contribution in [-0.4, -0.2) is 4.57 Å². The Morgan fingerprint density at radius 1 is 0.185 bits per heavy atom. The molecule has 0 bridgehead atoms. The fourth-order valence-electron chi connectivity index (χ4n) is 21.2. The van der Waals surface area contributed by atoms with Crippen molar-refractivity contribution in [3.05, 3.63) is 412 Å². The Hall–Kier alpha value is -13.5. The monoisotopic (exact) mass is 1680 g/mol. The SMILES string of the molecule is Cc1cc(C(C)(C)C)cc(C)c1-c1cccc(-c2cc(-c3cccc(-c4cccc(-c5cc(-c6cccc(-c7cc(-c8cccc(-c9c(C)cc(C(C)(C)C)cc9C)c8)cc(-c8cccc(-c9c(C)cc(C(C)(C)C)cc9C)c8)c7)c6)cc(-n6c7ccccc7c7cc8c(cc76)C(C)(C)c6ccccc6-8)c5)c4)c3)cc(-c3cccc(-c4c(C)cc(C(C)(C)C)cc4C)c3)c2)c1. The zero-order valence-electron chi connectivity index (χ0n) is 80.2. The highest BCUT2D eigenvalue weighted by Gasteiger charge is 2.37. The quantitative estimate of drug-likeness (QED) is 0.102. The molecule has 1 heterocycles. The lowest BCUT2D eigenvalue weighted by atomic mass is 9.82. The van der Waals surface area contributed by atoms with Crippen molar-refractivity contribution in [1.29, 1.82) is 0 Å². The normalized spacial score (nSPS) is 12.8. The van der Waals surface area contributed by atoms with Crippen molar-refractivity contribution in [3.8, 4) is 161 Å². The van der Waals surface area contributed by atoms with E-state index in [4.69, 9.17) is 0 Å². The number of fused-ring (bicyclic) bond motifs is 6. The van der Waals surface area contributed by atoms with Crippen LogP contribution in [0.3, 0.4) is 0 Å². The van der Waals surface area contributed by atoms with Gasteiger partial charge in [-0.1, -0.05) is 315 Å². The smallest absolute Gasteiger partial charge is 0.0544 e. The molecule has 1 aromatic heterocycles. The van der Waals surface area contributed by atoms with Crippen molar-refractivity contribution in [2.75, 3.05) is 0 Å². The minimum atomic E-state index is -0.207. The highest BCUT2D eigenvalue weighted by atomic mass is 15.0. The van der Waals surface area contributed by atoms with E-state index in [2.05, 4.69) is 491 Å². The summed E-state index contributed by atoms with van der Waals surface area (Å²) in [7, 11) is 0. The van der Waals surface area contributed by atoms with E-state index in [0.29, 0.717) is 0 Å². The number of benzene rings is 17. The van der Waals surface area contributed by atoms with E-state index in [0.717, 1.165) is 61.3 Å². The predicted octanol–water partition coefficient (Wildman–Crippen LogP) is 36.4. The number of aryl methyl sites for hydroxylation is 8. The second-order valence-corrected chi connectivity index (χ2v) is 42.3. The fourth-order valence-corrected chi connectivity index (χ4v) is 21.2. The Labute approximate surface area is 773 Å².